The van der Waals surface area contributed by atoms with Crippen LogP contribution in [0.25, 0.3) is 0 Å². The molecule has 1 amide bonds. The lowest BCUT2D eigenvalue weighted by Crippen LogP contribution is -2.28. The molecule has 1 aliphatic heterocycles. The van der Waals surface area contributed by atoms with E-state index in [1.807, 2.05) is 73.7 Å². The van der Waals surface area contributed by atoms with E-state index in [2.05, 4.69) is 0 Å². The quantitative estimate of drug-likeness (QED) is 0.514. The van der Waals surface area contributed by atoms with Crippen LogP contribution in [0.2, 0.25) is 10.0 Å². The fraction of sp³-hybridized carbons (Fsp3) is 0.130. The highest BCUT2D eigenvalue weighted by Gasteiger charge is 2.40. The van der Waals surface area contributed by atoms with E-state index in [1.165, 1.54) is 0 Å². The Labute approximate surface area is 174 Å². The summed E-state index contributed by atoms with van der Waals surface area (Å²) in [5, 5.41) is 7.25. The van der Waals surface area contributed by atoms with Gasteiger partial charge in [-0.05, 0) is 35.7 Å². The summed E-state index contributed by atoms with van der Waals surface area (Å²) >= 11 is 12.2. The van der Waals surface area contributed by atoms with Crippen LogP contribution in [-0.2, 0) is 4.79 Å². The summed E-state index contributed by atoms with van der Waals surface area (Å²) in [4.78, 5) is 13.4. The predicted molar refractivity (Wildman–Crippen MR) is 114 cm³/mol. The van der Waals surface area contributed by atoms with Gasteiger partial charge in [0.1, 0.15) is 5.92 Å². The molecule has 0 spiro atoms. The number of benzene rings is 3. The number of halogens is 2. The van der Waals surface area contributed by atoms with Crippen molar-refractivity contribution in [2.45, 2.75) is 18.9 Å². The zero-order valence-corrected chi connectivity index (χ0v) is 16.7. The predicted octanol–water partition coefficient (Wildman–Crippen LogP) is 6.08. The molecule has 1 aliphatic rings. The minimum Gasteiger partial charge on any atom is -0.272 e. The first kappa shape index (κ1) is 18.7. The van der Waals surface area contributed by atoms with Gasteiger partial charge in [-0.25, -0.2) is 5.01 Å². The molecule has 3 aromatic rings. The first-order valence-corrected chi connectivity index (χ1v) is 9.78. The van der Waals surface area contributed by atoms with Gasteiger partial charge in [0.25, 0.3) is 5.91 Å². The van der Waals surface area contributed by atoms with Crippen molar-refractivity contribution in [2.75, 3.05) is 0 Å². The monoisotopic (exact) mass is 408 g/mol. The SMILES string of the molecule is CC(c1ccc(Cl)c(Cl)c1)N1N=C(c2ccccc2)C(c2ccccc2)C1=O. The van der Waals surface area contributed by atoms with Crippen molar-refractivity contribution in [2.24, 2.45) is 5.10 Å². The van der Waals surface area contributed by atoms with E-state index in [0.29, 0.717) is 10.0 Å². The fourth-order valence-corrected chi connectivity index (χ4v) is 3.75. The average molecular weight is 409 g/mol. The number of hydrazone groups is 1. The largest absolute Gasteiger partial charge is 0.272 e. The van der Waals surface area contributed by atoms with E-state index < -0.39 is 5.92 Å². The summed E-state index contributed by atoms with van der Waals surface area (Å²) in [5.74, 6) is -0.488. The number of rotatable bonds is 4. The smallest absolute Gasteiger partial charge is 0.256 e. The number of hydrogen-bond donors (Lipinski definition) is 0. The van der Waals surface area contributed by atoms with Crippen LogP contribution in [0.1, 0.15) is 35.6 Å². The second kappa shape index (κ2) is 7.78. The summed E-state index contributed by atoms with van der Waals surface area (Å²) in [5.41, 5.74) is 3.50. The molecule has 140 valence electrons. The van der Waals surface area contributed by atoms with Crippen molar-refractivity contribution < 1.29 is 4.79 Å². The minimum atomic E-state index is -0.436. The molecular weight excluding hydrogens is 391 g/mol. The van der Waals surface area contributed by atoms with Crippen LogP contribution < -0.4 is 0 Å². The Balaban J connectivity index is 1.77. The molecule has 0 radical (unpaired) electrons. The van der Waals surface area contributed by atoms with Crippen molar-refractivity contribution in [3.63, 3.8) is 0 Å². The molecule has 0 aliphatic carbocycles. The van der Waals surface area contributed by atoms with Crippen molar-refractivity contribution in [3.05, 3.63) is 106 Å². The molecule has 0 saturated carbocycles. The van der Waals surface area contributed by atoms with Gasteiger partial charge in [-0.2, -0.15) is 5.10 Å². The lowest BCUT2D eigenvalue weighted by molar-refractivity contribution is -0.131. The summed E-state index contributed by atoms with van der Waals surface area (Å²) in [6, 6.07) is 24.7. The van der Waals surface area contributed by atoms with E-state index in [-0.39, 0.29) is 11.9 Å². The molecule has 2 unspecified atom stereocenters. The normalized spacial score (nSPS) is 17.5. The van der Waals surface area contributed by atoms with Crippen molar-refractivity contribution in [3.8, 4) is 0 Å². The zero-order valence-electron chi connectivity index (χ0n) is 15.2. The zero-order chi connectivity index (χ0) is 19.7. The van der Waals surface area contributed by atoms with E-state index >= 15 is 0 Å². The third-order valence-electron chi connectivity index (χ3n) is 4.96. The summed E-state index contributed by atoms with van der Waals surface area (Å²) in [6.07, 6.45) is 0. The molecule has 4 rings (SSSR count). The number of carbonyl (C=O) groups is 1. The van der Waals surface area contributed by atoms with E-state index in [0.717, 1.165) is 22.4 Å². The van der Waals surface area contributed by atoms with Crippen LogP contribution >= 0.6 is 23.2 Å². The first-order valence-electron chi connectivity index (χ1n) is 9.03. The second-order valence-corrected chi connectivity index (χ2v) is 7.54. The molecule has 0 saturated heterocycles. The molecule has 3 nitrogen and oxygen atoms in total. The van der Waals surface area contributed by atoms with E-state index in [4.69, 9.17) is 28.3 Å². The fourth-order valence-electron chi connectivity index (χ4n) is 3.44. The Kier molecular flexibility index (Phi) is 5.21. The molecular formula is C23H18Cl2N2O. The van der Waals surface area contributed by atoms with Crippen molar-refractivity contribution in [1.82, 2.24) is 5.01 Å². The van der Waals surface area contributed by atoms with Crippen LogP contribution in [0.3, 0.4) is 0 Å². The Morgan fingerprint density at radius 2 is 1.54 bits per heavy atom. The van der Waals surface area contributed by atoms with E-state index in [1.54, 1.807) is 17.1 Å². The van der Waals surface area contributed by atoms with Gasteiger partial charge in [0.05, 0.1) is 21.8 Å². The summed E-state index contributed by atoms with van der Waals surface area (Å²) < 4.78 is 0. The van der Waals surface area contributed by atoms with E-state index in [9.17, 15) is 4.79 Å². The maximum Gasteiger partial charge on any atom is 0.256 e. The Bertz CT molecular complexity index is 1030. The van der Waals surface area contributed by atoms with Crippen LogP contribution in [0.15, 0.2) is 84.0 Å². The topological polar surface area (TPSA) is 32.7 Å². The standard InChI is InChI=1S/C23H18Cl2N2O/c1-15(18-12-13-19(24)20(25)14-18)27-23(28)21(16-8-4-2-5-9-16)22(26-27)17-10-6-3-7-11-17/h2-15,21H,1H3. The van der Waals surface area contributed by atoms with Gasteiger partial charge in [0.2, 0.25) is 0 Å². The van der Waals surface area contributed by atoms with Gasteiger partial charge >= 0.3 is 0 Å². The lowest BCUT2D eigenvalue weighted by Gasteiger charge is -2.22. The van der Waals surface area contributed by atoms with Crippen LogP contribution in [0.5, 0.6) is 0 Å². The summed E-state index contributed by atoms with van der Waals surface area (Å²) in [6.45, 7) is 1.94. The van der Waals surface area contributed by atoms with Crippen LogP contribution in [0.4, 0.5) is 0 Å². The molecule has 0 bridgehead atoms. The molecule has 3 aromatic carbocycles. The molecule has 0 fully saturated rings. The van der Waals surface area contributed by atoms with Gasteiger partial charge in [0.15, 0.2) is 0 Å². The number of hydrogen-bond acceptors (Lipinski definition) is 2. The third kappa shape index (κ3) is 3.44. The molecule has 2 atom stereocenters. The number of amides is 1. The maximum absolute atomic E-state index is 13.4. The van der Waals surface area contributed by atoms with Gasteiger partial charge in [-0.3, -0.25) is 4.79 Å². The van der Waals surface area contributed by atoms with Gasteiger partial charge in [-0.15, -0.1) is 0 Å². The molecule has 5 heteroatoms. The summed E-state index contributed by atoms with van der Waals surface area (Å²) in [7, 11) is 0. The van der Waals surface area contributed by atoms with Crippen molar-refractivity contribution in [1.29, 1.82) is 0 Å². The molecule has 0 N–H and O–H groups in total. The third-order valence-corrected chi connectivity index (χ3v) is 5.70. The van der Waals surface area contributed by atoms with Crippen LogP contribution in [0, 0.1) is 0 Å². The lowest BCUT2D eigenvalue weighted by atomic mass is 9.90. The van der Waals surface area contributed by atoms with Gasteiger partial charge < -0.3 is 0 Å². The minimum absolute atomic E-state index is 0.0522. The highest BCUT2D eigenvalue weighted by molar-refractivity contribution is 6.42. The first-order chi connectivity index (χ1) is 13.6. The average Bonchev–Trinajstić information content (AvgIpc) is 3.08. The molecule has 1 heterocycles. The number of nitrogens with zero attached hydrogens (tertiary/aromatic N) is 2. The Morgan fingerprint density at radius 1 is 0.893 bits per heavy atom. The van der Waals surface area contributed by atoms with Gasteiger partial charge in [0, 0.05) is 0 Å². The van der Waals surface area contributed by atoms with Gasteiger partial charge in [-0.1, -0.05) is 89.9 Å². The highest BCUT2D eigenvalue weighted by Crippen LogP contribution is 2.36. The number of carbonyl (C=O) groups excluding carboxylic acids is 1. The second-order valence-electron chi connectivity index (χ2n) is 6.73. The molecule has 0 aromatic heterocycles. The van der Waals surface area contributed by atoms with Crippen molar-refractivity contribution >= 4 is 34.8 Å². The maximum atomic E-state index is 13.4. The Morgan fingerprint density at radius 3 is 2.18 bits per heavy atom. The van der Waals surface area contributed by atoms with Crippen LogP contribution in [-0.4, -0.2) is 16.6 Å². The highest BCUT2D eigenvalue weighted by atomic mass is 35.5. The Hall–Kier alpha value is -2.62. The molecule has 28 heavy (non-hydrogen) atoms.